The summed E-state index contributed by atoms with van der Waals surface area (Å²) in [6.07, 6.45) is 3.38. The molecule has 0 N–H and O–H groups in total. The first-order chi connectivity index (χ1) is 9.10. The lowest BCUT2D eigenvalue weighted by atomic mass is 9.81. The Morgan fingerprint density at radius 3 is 2.05 bits per heavy atom. The molecule has 0 saturated heterocycles. The maximum atomic E-state index is 12.1. The molecule has 1 rings (SSSR count). The van der Waals surface area contributed by atoms with Crippen molar-refractivity contribution in [1.29, 1.82) is 0 Å². The van der Waals surface area contributed by atoms with Gasteiger partial charge in [-0.2, -0.15) is 0 Å². The first-order valence-electron chi connectivity index (χ1n) is 5.95. The Balaban J connectivity index is 3.23. The molecule has 4 heteroatoms. The van der Waals surface area contributed by atoms with Crippen LogP contribution in [0.4, 0.5) is 0 Å². The minimum atomic E-state index is -1.43. The molecule has 0 spiro atoms. The summed E-state index contributed by atoms with van der Waals surface area (Å²) in [7, 11) is 2.52. The number of rotatable bonds is 5. The zero-order valence-electron chi connectivity index (χ0n) is 11.4. The number of allylic oxidation sites excluding steroid dienone is 1. The second-order valence-electron chi connectivity index (χ2n) is 4.12. The van der Waals surface area contributed by atoms with E-state index in [1.807, 2.05) is 30.3 Å². The largest absolute Gasteiger partial charge is 0.468 e. The molecular formula is C15H18O4. The van der Waals surface area contributed by atoms with E-state index in [1.54, 1.807) is 13.0 Å². The van der Waals surface area contributed by atoms with E-state index in [-0.39, 0.29) is 6.42 Å². The number of hydrogen-bond acceptors (Lipinski definition) is 4. The lowest BCUT2D eigenvalue weighted by Crippen LogP contribution is -2.41. The number of hydrogen-bond donors (Lipinski definition) is 0. The molecule has 19 heavy (non-hydrogen) atoms. The van der Waals surface area contributed by atoms with Crippen LogP contribution >= 0.6 is 0 Å². The Morgan fingerprint density at radius 1 is 1.11 bits per heavy atom. The second-order valence-corrected chi connectivity index (χ2v) is 4.12. The first kappa shape index (κ1) is 15.0. The molecule has 0 unspecified atom stereocenters. The molecule has 1 aromatic rings. The van der Waals surface area contributed by atoms with Gasteiger partial charge in [-0.3, -0.25) is 9.59 Å². The Hall–Kier alpha value is -2.10. The highest BCUT2D eigenvalue weighted by atomic mass is 16.5. The molecule has 0 aliphatic heterocycles. The van der Waals surface area contributed by atoms with Crippen LogP contribution in [0.25, 0.3) is 0 Å². The van der Waals surface area contributed by atoms with Gasteiger partial charge in [-0.15, -0.1) is 0 Å². The molecule has 0 saturated carbocycles. The number of benzene rings is 1. The third-order valence-electron chi connectivity index (χ3n) is 2.88. The van der Waals surface area contributed by atoms with Crippen molar-refractivity contribution in [2.75, 3.05) is 14.2 Å². The lowest BCUT2D eigenvalue weighted by Gasteiger charge is -2.25. The normalized spacial score (nSPS) is 11.3. The standard InChI is InChI=1S/C15H18O4/c1-4-10-15(13(16)18-2,14(17)19-3)11-12-8-6-5-7-9-12/h4-10H,11H2,1-3H3/b10-4+. The van der Waals surface area contributed by atoms with Crippen molar-refractivity contribution in [3.05, 3.63) is 48.0 Å². The van der Waals surface area contributed by atoms with Gasteiger partial charge in [0.15, 0.2) is 5.41 Å². The number of carbonyl (C=O) groups is 2. The fourth-order valence-corrected chi connectivity index (χ4v) is 1.99. The van der Waals surface area contributed by atoms with E-state index in [2.05, 4.69) is 0 Å². The summed E-state index contributed by atoms with van der Waals surface area (Å²) in [5.74, 6) is -1.25. The van der Waals surface area contributed by atoms with Crippen LogP contribution in [0.3, 0.4) is 0 Å². The average Bonchev–Trinajstić information content (AvgIpc) is 2.46. The number of esters is 2. The summed E-state index contributed by atoms with van der Waals surface area (Å²) in [6, 6.07) is 9.28. The highest BCUT2D eigenvalue weighted by Gasteiger charge is 2.46. The van der Waals surface area contributed by atoms with E-state index >= 15 is 0 Å². The topological polar surface area (TPSA) is 52.6 Å². The van der Waals surface area contributed by atoms with Crippen molar-refractivity contribution in [3.63, 3.8) is 0 Å². The average molecular weight is 262 g/mol. The Kier molecular flexibility index (Phi) is 5.30. The maximum Gasteiger partial charge on any atom is 0.327 e. The fraction of sp³-hybridized carbons (Fsp3) is 0.333. The van der Waals surface area contributed by atoms with Crippen LogP contribution in [-0.2, 0) is 25.5 Å². The Bertz CT molecular complexity index is 446. The van der Waals surface area contributed by atoms with Crippen molar-refractivity contribution in [2.24, 2.45) is 5.41 Å². The molecule has 0 atom stereocenters. The van der Waals surface area contributed by atoms with Gasteiger partial charge in [-0.05, 0) is 12.5 Å². The van der Waals surface area contributed by atoms with Gasteiger partial charge in [-0.25, -0.2) is 0 Å². The van der Waals surface area contributed by atoms with E-state index in [4.69, 9.17) is 9.47 Å². The van der Waals surface area contributed by atoms with Crippen LogP contribution in [0.1, 0.15) is 12.5 Å². The zero-order valence-corrected chi connectivity index (χ0v) is 11.4. The molecule has 0 amide bonds. The summed E-state index contributed by atoms with van der Waals surface area (Å²) in [5, 5.41) is 0. The van der Waals surface area contributed by atoms with Crippen molar-refractivity contribution in [3.8, 4) is 0 Å². The van der Waals surface area contributed by atoms with E-state index < -0.39 is 17.4 Å². The number of methoxy groups -OCH3 is 2. The van der Waals surface area contributed by atoms with Gasteiger partial charge in [0.1, 0.15) is 0 Å². The van der Waals surface area contributed by atoms with Gasteiger partial charge in [0, 0.05) is 6.42 Å². The molecule has 0 aliphatic rings. The van der Waals surface area contributed by atoms with Crippen LogP contribution in [-0.4, -0.2) is 26.2 Å². The van der Waals surface area contributed by atoms with Crippen LogP contribution in [0, 0.1) is 5.41 Å². The summed E-state index contributed by atoms with van der Waals surface area (Å²) < 4.78 is 9.54. The number of carbonyl (C=O) groups excluding carboxylic acids is 2. The SMILES string of the molecule is C/C=C/C(Cc1ccccc1)(C(=O)OC)C(=O)OC. The summed E-state index contributed by atoms with van der Waals surface area (Å²) in [6.45, 7) is 1.74. The minimum Gasteiger partial charge on any atom is -0.468 e. The highest BCUT2D eigenvalue weighted by Crippen LogP contribution is 2.28. The summed E-state index contributed by atoms with van der Waals surface area (Å²) in [4.78, 5) is 24.1. The fourth-order valence-electron chi connectivity index (χ4n) is 1.99. The predicted octanol–water partition coefficient (Wildman–Crippen LogP) is 2.14. The molecule has 0 aliphatic carbocycles. The maximum absolute atomic E-state index is 12.1. The van der Waals surface area contributed by atoms with Gasteiger partial charge < -0.3 is 9.47 Å². The van der Waals surface area contributed by atoms with E-state index in [9.17, 15) is 9.59 Å². The zero-order chi connectivity index (χ0) is 14.3. The second kappa shape index (κ2) is 6.73. The van der Waals surface area contributed by atoms with Gasteiger partial charge in [0.05, 0.1) is 14.2 Å². The Labute approximate surface area is 113 Å². The lowest BCUT2D eigenvalue weighted by molar-refractivity contribution is -0.165. The van der Waals surface area contributed by atoms with E-state index in [0.717, 1.165) is 5.56 Å². The molecule has 0 fully saturated rings. The van der Waals surface area contributed by atoms with Gasteiger partial charge >= 0.3 is 11.9 Å². The predicted molar refractivity (Wildman–Crippen MR) is 71.4 cm³/mol. The van der Waals surface area contributed by atoms with Gasteiger partial charge in [-0.1, -0.05) is 42.5 Å². The third-order valence-corrected chi connectivity index (χ3v) is 2.88. The van der Waals surface area contributed by atoms with Crippen molar-refractivity contribution in [2.45, 2.75) is 13.3 Å². The van der Waals surface area contributed by atoms with E-state index in [0.29, 0.717) is 0 Å². The highest BCUT2D eigenvalue weighted by molar-refractivity contribution is 6.02. The molecular weight excluding hydrogens is 244 g/mol. The molecule has 0 heterocycles. The van der Waals surface area contributed by atoms with Crippen molar-refractivity contribution < 1.29 is 19.1 Å². The third kappa shape index (κ3) is 3.22. The monoisotopic (exact) mass is 262 g/mol. The summed E-state index contributed by atoms with van der Waals surface area (Å²) >= 11 is 0. The molecule has 4 nitrogen and oxygen atoms in total. The van der Waals surface area contributed by atoms with Crippen LogP contribution in [0.2, 0.25) is 0 Å². The first-order valence-corrected chi connectivity index (χ1v) is 5.95. The van der Waals surface area contributed by atoms with Crippen LogP contribution < -0.4 is 0 Å². The molecule has 0 radical (unpaired) electrons. The van der Waals surface area contributed by atoms with Crippen LogP contribution in [0.5, 0.6) is 0 Å². The van der Waals surface area contributed by atoms with Crippen molar-refractivity contribution >= 4 is 11.9 Å². The summed E-state index contributed by atoms with van der Waals surface area (Å²) in [5.41, 5.74) is -0.573. The Morgan fingerprint density at radius 2 is 1.63 bits per heavy atom. The molecule has 0 bridgehead atoms. The quantitative estimate of drug-likeness (QED) is 0.463. The smallest absolute Gasteiger partial charge is 0.327 e. The van der Waals surface area contributed by atoms with Gasteiger partial charge in [0.2, 0.25) is 0 Å². The van der Waals surface area contributed by atoms with Crippen molar-refractivity contribution in [1.82, 2.24) is 0 Å². The molecule has 1 aromatic carbocycles. The number of ether oxygens (including phenoxy) is 2. The minimum absolute atomic E-state index is 0.206. The molecule has 102 valence electrons. The van der Waals surface area contributed by atoms with E-state index in [1.165, 1.54) is 20.3 Å². The molecule has 0 aromatic heterocycles. The van der Waals surface area contributed by atoms with Crippen LogP contribution in [0.15, 0.2) is 42.5 Å². The van der Waals surface area contributed by atoms with Gasteiger partial charge in [0.25, 0.3) is 0 Å².